The van der Waals surface area contributed by atoms with E-state index in [9.17, 15) is 19.7 Å². The summed E-state index contributed by atoms with van der Waals surface area (Å²) >= 11 is 0. The first-order valence-corrected chi connectivity index (χ1v) is 12.7. The number of nitrogens with one attached hydrogen (secondary N) is 1. The van der Waals surface area contributed by atoms with Crippen LogP contribution >= 0.6 is 0 Å². The zero-order chi connectivity index (χ0) is 22.9. The number of ether oxygens (including phenoxy) is 1. The van der Waals surface area contributed by atoms with Crippen LogP contribution in [0.5, 0.6) is 0 Å². The third-order valence-electron chi connectivity index (χ3n) is 4.08. The maximum absolute atomic E-state index is 12.7. The molecule has 0 spiro atoms. The summed E-state index contributed by atoms with van der Waals surface area (Å²) in [6, 6.07) is 5.05. The molecule has 0 saturated heterocycles. The van der Waals surface area contributed by atoms with Gasteiger partial charge >= 0.3 is 5.97 Å². The molecule has 0 aliphatic carbocycles. The summed E-state index contributed by atoms with van der Waals surface area (Å²) in [6.45, 7) is 13.7. The fraction of sp³-hybridized carbons (Fsp3) is 0.524. The number of rotatable bonds is 11. The van der Waals surface area contributed by atoms with Crippen LogP contribution in [-0.2, 0) is 14.0 Å². The standard InChI is InChI=1S/C21H32N2O6Si/c1-7-12-28-20(25)18(29-30(5)6)13-16(14-21(2,3)4)22-19(24)15-8-10-17(11-9-15)23(26)27/h7-11,16,18,30H,1,12-14H2,2-6H3,(H,22,24)/t16-,18?/m1/s1. The molecule has 0 aliphatic rings. The summed E-state index contributed by atoms with van der Waals surface area (Å²) in [6.07, 6.45) is 1.60. The maximum atomic E-state index is 12.7. The molecule has 0 aliphatic heterocycles. The average Bonchev–Trinajstić information content (AvgIpc) is 2.63. The molecule has 0 bridgehead atoms. The van der Waals surface area contributed by atoms with Crippen LogP contribution < -0.4 is 5.32 Å². The van der Waals surface area contributed by atoms with E-state index in [2.05, 4.69) is 11.9 Å². The number of amides is 1. The number of carbonyl (C=O) groups is 2. The van der Waals surface area contributed by atoms with Crippen LogP contribution in [0.2, 0.25) is 13.1 Å². The molecule has 1 unspecified atom stereocenters. The van der Waals surface area contributed by atoms with E-state index in [-0.39, 0.29) is 36.1 Å². The molecular formula is C21H32N2O6Si. The second-order valence-electron chi connectivity index (χ2n) is 8.57. The minimum Gasteiger partial charge on any atom is -0.460 e. The van der Waals surface area contributed by atoms with Gasteiger partial charge in [0.05, 0.1) is 4.92 Å². The number of hydrogen-bond donors (Lipinski definition) is 1. The van der Waals surface area contributed by atoms with E-state index in [1.165, 1.54) is 30.3 Å². The van der Waals surface area contributed by atoms with Gasteiger partial charge in [-0.1, -0.05) is 33.4 Å². The lowest BCUT2D eigenvalue weighted by molar-refractivity contribution is -0.384. The predicted molar refractivity (Wildman–Crippen MR) is 118 cm³/mol. The first-order chi connectivity index (χ1) is 13.9. The number of hydrogen-bond acceptors (Lipinski definition) is 6. The maximum Gasteiger partial charge on any atom is 0.334 e. The number of nitro benzene ring substituents is 1. The van der Waals surface area contributed by atoms with Crippen molar-refractivity contribution in [2.45, 2.75) is 58.9 Å². The van der Waals surface area contributed by atoms with Crippen LogP contribution in [0.15, 0.2) is 36.9 Å². The van der Waals surface area contributed by atoms with Gasteiger partial charge in [0.15, 0.2) is 9.04 Å². The first kappa shape index (κ1) is 25.5. The van der Waals surface area contributed by atoms with Crippen molar-refractivity contribution in [1.29, 1.82) is 0 Å². The van der Waals surface area contributed by atoms with Crippen molar-refractivity contribution in [3.63, 3.8) is 0 Å². The van der Waals surface area contributed by atoms with E-state index in [0.717, 1.165) is 0 Å². The van der Waals surface area contributed by atoms with Crippen molar-refractivity contribution >= 4 is 26.6 Å². The van der Waals surface area contributed by atoms with Gasteiger partial charge < -0.3 is 14.5 Å². The minimum atomic E-state index is -1.54. The summed E-state index contributed by atoms with van der Waals surface area (Å²) in [7, 11) is -1.54. The molecular weight excluding hydrogens is 404 g/mol. The predicted octanol–water partition coefficient (Wildman–Crippen LogP) is 3.62. The number of carbonyl (C=O) groups excluding carboxylic acids is 2. The Morgan fingerprint density at radius 3 is 2.33 bits per heavy atom. The Kier molecular flexibility index (Phi) is 9.87. The summed E-state index contributed by atoms with van der Waals surface area (Å²) in [4.78, 5) is 35.5. The van der Waals surface area contributed by atoms with Crippen LogP contribution in [0.25, 0.3) is 0 Å². The molecule has 0 aromatic heterocycles. The van der Waals surface area contributed by atoms with Gasteiger partial charge in [-0.25, -0.2) is 4.79 Å². The molecule has 1 aromatic carbocycles. The number of nitrogens with zero attached hydrogens (tertiary/aromatic N) is 1. The van der Waals surface area contributed by atoms with Gasteiger partial charge in [0.2, 0.25) is 0 Å². The lowest BCUT2D eigenvalue weighted by Gasteiger charge is -2.30. The molecule has 1 amide bonds. The Bertz CT molecular complexity index is 743. The van der Waals surface area contributed by atoms with Gasteiger partial charge in [-0.15, -0.1) is 0 Å². The summed E-state index contributed by atoms with van der Waals surface area (Å²) in [5, 5.41) is 13.8. The van der Waals surface area contributed by atoms with E-state index < -0.39 is 26.0 Å². The Labute approximate surface area is 179 Å². The SMILES string of the molecule is C=CCOC(=O)C(C[C@H](CC(C)(C)C)NC(=O)c1ccc([N+](=O)[O-])cc1)O[SiH](C)C. The van der Waals surface area contributed by atoms with Gasteiger partial charge in [0, 0.05) is 30.2 Å². The van der Waals surface area contributed by atoms with Gasteiger partial charge in [0.25, 0.3) is 11.6 Å². The Morgan fingerprint density at radius 2 is 1.87 bits per heavy atom. The monoisotopic (exact) mass is 436 g/mol. The summed E-state index contributed by atoms with van der Waals surface area (Å²) in [5.41, 5.74) is 0.112. The second-order valence-corrected chi connectivity index (χ2v) is 10.9. The molecule has 0 radical (unpaired) electrons. The lowest BCUT2D eigenvalue weighted by atomic mass is 9.86. The van der Waals surface area contributed by atoms with E-state index in [1.807, 2.05) is 33.9 Å². The molecule has 0 saturated carbocycles. The molecule has 30 heavy (non-hydrogen) atoms. The number of esters is 1. The minimum absolute atomic E-state index is 0.0851. The molecule has 166 valence electrons. The van der Waals surface area contributed by atoms with Gasteiger partial charge in [0.1, 0.15) is 12.7 Å². The largest absolute Gasteiger partial charge is 0.460 e. The van der Waals surface area contributed by atoms with Crippen molar-refractivity contribution in [3.05, 3.63) is 52.6 Å². The Morgan fingerprint density at radius 1 is 1.27 bits per heavy atom. The molecule has 0 heterocycles. The van der Waals surface area contributed by atoms with E-state index in [1.54, 1.807) is 0 Å². The zero-order valence-corrected chi connectivity index (χ0v) is 19.5. The highest BCUT2D eigenvalue weighted by Crippen LogP contribution is 2.24. The van der Waals surface area contributed by atoms with E-state index in [4.69, 9.17) is 9.16 Å². The fourth-order valence-electron chi connectivity index (χ4n) is 2.96. The normalized spacial score (nSPS) is 13.4. The van der Waals surface area contributed by atoms with E-state index >= 15 is 0 Å². The van der Waals surface area contributed by atoms with Crippen molar-refractivity contribution in [1.82, 2.24) is 5.32 Å². The number of non-ortho nitro benzene ring substituents is 1. The zero-order valence-electron chi connectivity index (χ0n) is 18.3. The van der Waals surface area contributed by atoms with Crippen molar-refractivity contribution in [2.75, 3.05) is 6.61 Å². The second kappa shape index (κ2) is 11.6. The van der Waals surface area contributed by atoms with E-state index in [0.29, 0.717) is 12.0 Å². The lowest BCUT2D eigenvalue weighted by Crippen LogP contribution is -2.43. The van der Waals surface area contributed by atoms with Crippen LogP contribution in [0, 0.1) is 15.5 Å². The van der Waals surface area contributed by atoms with Crippen LogP contribution in [0.4, 0.5) is 5.69 Å². The molecule has 0 fully saturated rings. The third kappa shape index (κ3) is 9.32. The van der Waals surface area contributed by atoms with Crippen molar-refractivity contribution in [3.8, 4) is 0 Å². The molecule has 1 aromatic rings. The van der Waals surface area contributed by atoms with Crippen LogP contribution in [0.3, 0.4) is 0 Å². The number of benzene rings is 1. The topological polar surface area (TPSA) is 108 Å². The van der Waals surface area contributed by atoms with Crippen LogP contribution in [0.1, 0.15) is 44.0 Å². The van der Waals surface area contributed by atoms with Gasteiger partial charge in [-0.2, -0.15) is 0 Å². The molecule has 2 atom stereocenters. The fourth-order valence-corrected chi connectivity index (χ4v) is 3.84. The van der Waals surface area contributed by atoms with Gasteiger partial charge in [-0.05, 0) is 37.1 Å². The molecule has 1 N–H and O–H groups in total. The highest BCUT2D eigenvalue weighted by molar-refractivity contribution is 6.48. The van der Waals surface area contributed by atoms with Crippen molar-refractivity contribution in [2.24, 2.45) is 5.41 Å². The highest BCUT2D eigenvalue weighted by Gasteiger charge is 2.29. The third-order valence-corrected chi connectivity index (χ3v) is 4.95. The average molecular weight is 437 g/mol. The van der Waals surface area contributed by atoms with Gasteiger partial charge in [-0.3, -0.25) is 14.9 Å². The number of nitro groups is 1. The summed E-state index contributed by atoms with van der Waals surface area (Å²) < 4.78 is 11.1. The molecule has 1 rings (SSSR count). The summed E-state index contributed by atoms with van der Waals surface area (Å²) in [5.74, 6) is -0.834. The highest BCUT2D eigenvalue weighted by atomic mass is 28.3. The Hall–Kier alpha value is -2.52. The van der Waals surface area contributed by atoms with Crippen molar-refractivity contribution < 1.29 is 23.7 Å². The molecule has 8 nitrogen and oxygen atoms in total. The van der Waals surface area contributed by atoms with Crippen LogP contribution in [-0.4, -0.2) is 44.6 Å². The smallest absolute Gasteiger partial charge is 0.334 e. The molecule has 9 heteroatoms. The quantitative estimate of drug-likeness (QED) is 0.187. The first-order valence-electron chi connectivity index (χ1n) is 9.91. The Balaban J connectivity index is 3.00.